The van der Waals surface area contributed by atoms with E-state index in [-0.39, 0.29) is 5.91 Å². The predicted molar refractivity (Wildman–Crippen MR) is 78.7 cm³/mol. The molecule has 5 heteroatoms. The molecule has 0 aliphatic carbocycles. The van der Waals surface area contributed by atoms with Crippen LogP contribution in [0, 0.1) is 6.92 Å². The van der Waals surface area contributed by atoms with Crippen molar-refractivity contribution < 1.29 is 9.90 Å². The smallest absolute Gasteiger partial charge is 0.219 e. The summed E-state index contributed by atoms with van der Waals surface area (Å²) in [4.78, 5) is 19.9. The first-order valence-electron chi connectivity index (χ1n) is 7.18. The Morgan fingerprint density at radius 3 is 2.55 bits per heavy atom. The predicted octanol–water partition coefficient (Wildman–Crippen LogP) is 1.50. The topological polar surface area (TPSA) is 56.7 Å². The van der Waals surface area contributed by atoms with Gasteiger partial charge in [0.1, 0.15) is 5.82 Å². The van der Waals surface area contributed by atoms with Crippen molar-refractivity contribution in [1.82, 2.24) is 9.88 Å². The molecule has 5 nitrogen and oxygen atoms in total. The highest BCUT2D eigenvalue weighted by Crippen LogP contribution is 2.23. The Balaban J connectivity index is 2.09. The molecule has 1 atom stereocenters. The van der Waals surface area contributed by atoms with Crippen molar-refractivity contribution in [3.63, 3.8) is 0 Å². The van der Waals surface area contributed by atoms with E-state index in [4.69, 9.17) is 0 Å². The Bertz CT molecular complexity index is 482. The minimum atomic E-state index is -0.440. The van der Waals surface area contributed by atoms with Crippen LogP contribution in [0.4, 0.5) is 5.82 Å². The summed E-state index contributed by atoms with van der Waals surface area (Å²) in [5.74, 6) is 1.09. The SMILES string of the molecule is CC[C@H](O)c1cnc(N2CCN(C(C)=O)CC2)c(C)c1. The highest BCUT2D eigenvalue weighted by molar-refractivity contribution is 5.73. The fourth-order valence-electron chi connectivity index (χ4n) is 2.57. The molecule has 1 fully saturated rings. The first-order chi connectivity index (χ1) is 9.52. The number of carbonyl (C=O) groups is 1. The molecule has 1 aliphatic heterocycles. The van der Waals surface area contributed by atoms with Crippen LogP contribution in [0.15, 0.2) is 12.3 Å². The standard InChI is InChI=1S/C15H23N3O2/c1-4-14(20)13-9-11(2)15(16-10-13)18-7-5-17(6-8-18)12(3)19/h9-10,14,20H,4-8H2,1-3H3/t14-/m0/s1. The van der Waals surface area contributed by atoms with E-state index in [2.05, 4.69) is 9.88 Å². The van der Waals surface area contributed by atoms with Crippen LogP contribution in [-0.4, -0.2) is 47.1 Å². The number of nitrogens with zero attached hydrogens (tertiary/aromatic N) is 3. The number of hydrogen-bond acceptors (Lipinski definition) is 4. The van der Waals surface area contributed by atoms with Gasteiger partial charge < -0.3 is 14.9 Å². The zero-order valence-electron chi connectivity index (χ0n) is 12.5. The summed E-state index contributed by atoms with van der Waals surface area (Å²) in [5.41, 5.74) is 1.95. The average molecular weight is 277 g/mol. The number of aryl methyl sites for hydroxylation is 1. The zero-order valence-corrected chi connectivity index (χ0v) is 12.5. The van der Waals surface area contributed by atoms with Gasteiger partial charge in [-0.25, -0.2) is 4.98 Å². The molecule has 2 rings (SSSR count). The van der Waals surface area contributed by atoms with E-state index in [1.54, 1.807) is 13.1 Å². The summed E-state index contributed by atoms with van der Waals surface area (Å²) in [6.07, 6.45) is 2.01. The van der Waals surface area contributed by atoms with Crippen molar-refractivity contribution in [2.24, 2.45) is 0 Å². The van der Waals surface area contributed by atoms with Gasteiger partial charge in [-0.3, -0.25) is 4.79 Å². The molecule has 1 aromatic rings. The number of aromatic nitrogens is 1. The Morgan fingerprint density at radius 1 is 1.40 bits per heavy atom. The Hall–Kier alpha value is -1.62. The monoisotopic (exact) mass is 277 g/mol. The summed E-state index contributed by atoms with van der Waals surface area (Å²) in [6.45, 7) is 8.69. The van der Waals surface area contributed by atoms with E-state index in [1.807, 2.05) is 24.8 Å². The van der Waals surface area contributed by atoms with Crippen LogP contribution in [0.5, 0.6) is 0 Å². The van der Waals surface area contributed by atoms with Gasteiger partial charge in [-0.1, -0.05) is 6.92 Å². The highest BCUT2D eigenvalue weighted by atomic mass is 16.3. The first-order valence-corrected chi connectivity index (χ1v) is 7.18. The molecule has 0 saturated carbocycles. The number of aliphatic hydroxyl groups excluding tert-OH is 1. The number of carbonyl (C=O) groups excluding carboxylic acids is 1. The maximum atomic E-state index is 11.3. The normalized spacial score (nSPS) is 17.2. The van der Waals surface area contributed by atoms with E-state index in [9.17, 15) is 9.90 Å². The van der Waals surface area contributed by atoms with Crippen LogP contribution in [0.2, 0.25) is 0 Å². The molecule has 110 valence electrons. The maximum absolute atomic E-state index is 11.3. The van der Waals surface area contributed by atoms with Crippen molar-refractivity contribution in [3.8, 4) is 0 Å². The lowest BCUT2D eigenvalue weighted by molar-refractivity contribution is -0.129. The van der Waals surface area contributed by atoms with Gasteiger partial charge in [-0.2, -0.15) is 0 Å². The van der Waals surface area contributed by atoms with E-state index in [1.165, 1.54) is 0 Å². The number of amides is 1. The number of aliphatic hydroxyl groups is 1. The van der Waals surface area contributed by atoms with Crippen LogP contribution < -0.4 is 4.90 Å². The van der Waals surface area contributed by atoms with Gasteiger partial charge in [-0.15, -0.1) is 0 Å². The van der Waals surface area contributed by atoms with E-state index in [0.717, 1.165) is 43.1 Å². The van der Waals surface area contributed by atoms with Gasteiger partial charge in [-0.05, 0) is 30.5 Å². The third-order valence-corrected chi connectivity index (χ3v) is 3.87. The summed E-state index contributed by atoms with van der Waals surface area (Å²) in [6, 6.07) is 2.01. The number of pyridine rings is 1. The molecule has 0 radical (unpaired) electrons. The Kier molecular flexibility index (Phi) is 4.60. The third kappa shape index (κ3) is 3.10. The molecule has 1 aromatic heterocycles. The van der Waals surface area contributed by atoms with Gasteiger partial charge >= 0.3 is 0 Å². The van der Waals surface area contributed by atoms with Crippen LogP contribution in [0.3, 0.4) is 0 Å². The molecule has 1 N–H and O–H groups in total. The molecule has 20 heavy (non-hydrogen) atoms. The van der Waals surface area contributed by atoms with E-state index in [0.29, 0.717) is 6.42 Å². The Labute approximate surface area is 120 Å². The molecule has 1 aliphatic rings. The second-order valence-corrected chi connectivity index (χ2v) is 5.33. The molecule has 0 bridgehead atoms. The minimum Gasteiger partial charge on any atom is -0.388 e. The summed E-state index contributed by atoms with van der Waals surface area (Å²) >= 11 is 0. The van der Waals surface area contributed by atoms with E-state index < -0.39 is 6.10 Å². The summed E-state index contributed by atoms with van der Waals surface area (Å²) in [5, 5.41) is 9.85. The molecule has 2 heterocycles. The van der Waals surface area contributed by atoms with E-state index >= 15 is 0 Å². The lowest BCUT2D eigenvalue weighted by atomic mass is 10.1. The van der Waals surface area contributed by atoms with Gasteiger partial charge in [0, 0.05) is 39.3 Å². The van der Waals surface area contributed by atoms with Crippen molar-refractivity contribution >= 4 is 11.7 Å². The quantitative estimate of drug-likeness (QED) is 0.909. The second kappa shape index (κ2) is 6.22. The number of rotatable bonds is 3. The second-order valence-electron chi connectivity index (χ2n) is 5.33. The number of hydrogen-bond donors (Lipinski definition) is 1. The first kappa shape index (κ1) is 14.8. The third-order valence-electron chi connectivity index (χ3n) is 3.87. The van der Waals surface area contributed by atoms with Crippen molar-refractivity contribution in [2.75, 3.05) is 31.1 Å². The molecular formula is C15H23N3O2. The largest absolute Gasteiger partial charge is 0.388 e. The van der Waals surface area contributed by atoms with Gasteiger partial charge in [0.25, 0.3) is 0 Å². The summed E-state index contributed by atoms with van der Waals surface area (Å²) in [7, 11) is 0. The Morgan fingerprint density at radius 2 is 2.05 bits per heavy atom. The minimum absolute atomic E-state index is 0.135. The van der Waals surface area contributed by atoms with Crippen LogP contribution in [0.1, 0.15) is 37.5 Å². The lowest BCUT2D eigenvalue weighted by Crippen LogP contribution is -2.48. The number of piperazine rings is 1. The molecule has 0 unspecified atom stereocenters. The molecule has 1 amide bonds. The van der Waals surface area contributed by atoms with Crippen molar-refractivity contribution in [3.05, 3.63) is 23.4 Å². The molecule has 0 aromatic carbocycles. The maximum Gasteiger partial charge on any atom is 0.219 e. The van der Waals surface area contributed by atoms with Crippen LogP contribution in [-0.2, 0) is 4.79 Å². The van der Waals surface area contributed by atoms with Crippen LogP contribution in [0.25, 0.3) is 0 Å². The number of anilines is 1. The van der Waals surface area contributed by atoms with Crippen molar-refractivity contribution in [1.29, 1.82) is 0 Å². The molecule has 1 saturated heterocycles. The molecular weight excluding hydrogens is 254 g/mol. The molecule has 0 spiro atoms. The van der Waals surface area contributed by atoms with Crippen molar-refractivity contribution in [2.45, 2.75) is 33.3 Å². The van der Waals surface area contributed by atoms with Crippen LogP contribution >= 0.6 is 0 Å². The fraction of sp³-hybridized carbons (Fsp3) is 0.600. The average Bonchev–Trinajstić information content (AvgIpc) is 2.46. The highest BCUT2D eigenvalue weighted by Gasteiger charge is 2.21. The lowest BCUT2D eigenvalue weighted by Gasteiger charge is -2.35. The zero-order chi connectivity index (χ0) is 14.7. The fourth-order valence-corrected chi connectivity index (χ4v) is 2.57. The van der Waals surface area contributed by atoms with Gasteiger partial charge in [0.15, 0.2) is 0 Å². The van der Waals surface area contributed by atoms with Gasteiger partial charge in [0.05, 0.1) is 6.10 Å². The van der Waals surface area contributed by atoms with Gasteiger partial charge in [0.2, 0.25) is 5.91 Å². The summed E-state index contributed by atoms with van der Waals surface area (Å²) < 4.78 is 0.